The lowest BCUT2D eigenvalue weighted by Crippen LogP contribution is -2.35. The molecule has 0 radical (unpaired) electrons. The number of nitrogens with zero attached hydrogens (tertiary/aromatic N) is 4. The molecule has 1 aromatic heterocycles. The molecule has 39 heavy (non-hydrogen) atoms. The van der Waals surface area contributed by atoms with E-state index >= 15 is 0 Å². The van der Waals surface area contributed by atoms with Crippen LogP contribution in [0.3, 0.4) is 0 Å². The van der Waals surface area contributed by atoms with Crippen LogP contribution in [-0.2, 0) is 6.18 Å². The van der Waals surface area contributed by atoms with Gasteiger partial charge in [-0.2, -0.15) is 13.2 Å². The lowest BCUT2D eigenvalue weighted by molar-refractivity contribution is -0.389. The topological polar surface area (TPSA) is 103 Å². The summed E-state index contributed by atoms with van der Waals surface area (Å²) in [6.07, 6.45) is -2.87. The summed E-state index contributed by atoms with van der Waals surface area (Å²) in [4.78, 5) is 16.3. The van der Waals surface area contributed by atoms with Gasteiger partial charge in [0.2, 0.25) is 0 Å². The average Bonchev–Trinajstić information content (AvgIpc) is 3.29. The quantitative estimate of drug-likeness (QED) is 0.232. The molecule has 4 rings (SSSR count). The van der Waals surface area contributed by atoms with Gasteiger partial charge < -0.3 is 29.6 Å². The van der Waals surface area contributed by atoms with Crippen molar-refractivity contribution >= 4 is 23.1 Å². The van der Waals surface area contributed by atoms with E-state index in [2.05, 4.69) is 9.88 Å². The van der Waals surface area contributed by atoms with Crippen LogP contribution < -0.4 is 14.4 Å². The molecule has 3 aromatic rings. The van der Waals surface area contributed by atoms with E-state index in [1.807, 2.05) is 12.1 Å². The number of aromatic nitrogens is 2. The van der Waals surface area contributed by atoms with Crippen LogP contribution in [0.2, 0.25) is 5.28 Å². The van der Waals surface area contributed by atoms with E-state index in [9.17, 15) is 28.4 Å². The maximum atomic E-state index is 12.7. The molecule has 9 nitrogen and oxygen atoms in total. The van der Waals surface area contributed by atoms with Gasteiger partial charge in [0.05, 0.1) is 18.3 Å². The minimum atomic E-state index is -4.37. The lowest BCUT2D eigenvalue weighted by atomic mass is 9.97. The van der Waals surface area contributed by atoms with E-state index in [0.717, 1.165) is 43.8 Å². The summed E-state index contributed by atoms with van der Waals surface area (Å²) >= 11 is 6.08. The summed E-state index contributed by atoms with van der Waals surface area (Å²) in [5.41, 5.74) is 0.292. The maximum Gasteiger partial charge on any atom is 0.416 e. The Balaban J connectivity index is 1.30. The highest BCUT2D eigenvalue weighted by Gasteiger charge is 2.30. The number of anilines is 1. The third kappa shape index (κ3) is 7.54. The number of hydrogen-bond acceptors (Lipinski definition) is 7. The number of imidazole rings is 1. The number of aliphatic hydroxyl groups excluding tert-OH is 1. The smallest absolute Gasteiger partial charge is 0.416 e. The van der Waals surface area contributed by atoms with Crippen molar-refractivity contribution in [1.82, 2.24) is 9.55 Å². The summed E-state index contributed by atoms with van der Waals surface area (Å²) in [7, 11) is 0. The zero-order valence-electron chi connectivity index (χ0n) is 21.1. The number of benzene rings is 2. The van der Waals surface area contributed by atoms with Crippen molar-refractivity contribution in [3.8, 4) is 11.5 Å². The van der Waals surface area contributed by atoms with Gasteiger partial charge in [-0.1, -0.05) is 0 Å². The second kappa shape index (κ2) is 12.1. The normalized spacial score (nSPS) is 16.1. The number of nitro groups is 1. The molecule has 1 aliphatic rings. The van der Waals surface area contributed by atoms with Gasteiger partial charge in [0.1, 0.15) is 17.7 Å². The van der Waals surface area contributed by atoms with Crippen LogP contribution in [0, 0.1) is 16.0 Å². The standard InChI is InChI=1S/C26H28ClF3N4O5/c1-17(35)14-24(33-15-23(34(36)37)31-25(33)27)39-22-8-4-20(5-9-22)32-12-10-18(11-13-32)16-38-21-6-2-19(3-7-21)26(28,29)30/h2-9,15,17-18,24,35H,10-14,16H2,1H3. The third-order valence-corrected chi connectivity index (χ3v) is 6.75. The number of halogens is 4. The van der Waals surface area contributed by atoms with Gasteiger partial charge in [-0.25, -0.2) is 0 Å². The first-order valence-electron chi connectivity index (χ1n) is 12.4. The fourth-order valence-electron chi connectivity index (χ4n) is 4.36. The van der Waals surface area contributed by atoms with Crippen molar-refractivity contribution in [3.05, 3.63) is 75.7 Å². The van der Waals surface area contributed by atoms with E-state index in [1.165, 1.54) is 22.9 Å². The average molecular weight is 569 g/mol. The van der Waals surface area contributed by atoms with Gasteiger partial charge in [0.25, 0.3) is 0 Å². The molecular weight excluding hydrogens is 541 g/mol. The Bertz CT molecular complexity index is 1240. The molecule has 0 bridgehead atoms. The largest absolute Gasteiger partial charge is 0.493 e. The van der Waals surface area contributed by atoms with Crippen LogP contribution in [0.4, 0.5) is 24.7 Å². The minimum absolute atomic E-state index is 0.117. The van der Waals surface area contributed by atoms with Crippen molar-refractivity contribution in [2.75, 3.05) is 24.6 Å². The van der Waals surface area contributed by atoms with E-state index in [4.69, 9.17) is 21.1 Å². The Kier molecular flexibility index (Phi) is 8.86. The second-order valence-corrected chi connectivity index (χ2v) is 9.79. The molecule has 0 amide bonds. The Morgan fingerprint density at radius 3 is 2.28 bits per heavy atom. The molecule has 1 aliphatic heterocycles. The Morgan fingerprint density at radius 1 is 1.13 bits per heavy atom. The first-order valence-corrected chi connectivity index (χ1v) is 12.8. The van der Waals surface area contributed by atoms with Crippen LogP contribution in [-0.4, -0.2) is 45.4 Å². The van der Waals surface area contributed by atoms with Crippen LogP contribution in [0.1, 0.15) is 38.0 Å². The van der Waals surface area contributed by atoms with E-state index < -0.39 is 34.8 Å². The molecule has 210 valence electrons. The zero-order chi connectivity index (χ0) is 28.2. The number of hydrogen-bond donors (Lipinski definition) is 1. The molecule has 1 fully saturated rings. The molecule has 0 saturated carbocycles. The maximum absolute atomic E-state index is 12.7. The number of alkyl halides is 3. The molecule has 2 aromatic carbocycles. The molecule has 2 heterocycles. The summed E-state index contributed by atoms with van der Waals surface area (Å²) in [5, 5.41) is 20.8. The van der Waals surface area contributed by atoms with Crippen molar-refractivity contribution in [1.29, 1.82) is 0 Å². The summed E-state index contributed by atoms with van der Waals surface area (Å²) < 4.78 is 51.2. The van der Waals surface area contributed by atoms with Crippen LogP contribution >= 0.6 is 11.6 Å². The number of ether oxygens (including phenoxy) is 2. The predicted octanol–water partition coefficient (Wildman–Crippen LogP) is 6.11. The highest BCUT2D eigenvalue weighted by molar-refractivity contribution is 6.28. The monoisotopic (exact) mass is 568 g/mol. The second-order valence-electron chi connectivity index (χ2n) is 9.45. The third-order valence-electron chi connectivity index (χ3n) is 6.47. The molecule has 2 atom stereocenters. The predicted molar refractivity (Wildman–Crippen MR) is 138 cm³/mol. The van der Waals surface area contributed by atoms with E-state index in [1.54, 1.807) is 19.1 Å². The van der Waals surface area contributed by atoms with Crippen molar-refractivity contribution in [2.24, 2.45) is 5.92 Å². The molecule has 0 spiro atoms. The van der Waals surface area contributed by atoms with Crippen molar-refractivity contribution in [2.45, 2.75) is 44.7 Å². The fourth-order valence-corrected chi connectivity index (χ4v) is 4.61. The van der Waals surface area contributed by atoms with Crippen molar-refractivity contribution < 1.29 is 32.7 Å². The first-order chi connectivity index (χ1) is 18.5. The van der Waals surface area contributed by atoms with E-state index in [-0.39, 0.29) is 17.6 Å². The highest BCUT2D eigenvalue weighted by atomic mass is 35.5. The number of aliphatic hydroxyl groups is 1. The molecule has 13 heteroatoms. The van der Waals surface area contributed by atoms with Gasteiger partial charge in [0, 0.05) is 25.2 Å². The first kappa shape index (κ1) is 28.5. The van der Waals surface area contributed by atoms with Crippen LogP contribution in [0.15, 0.2) is 54.7 Å². The lowest BCUT2D eigenvalue weighted by Gasteiger charge is -2.33. The summed E-state index contributed by atoms with van der Waals surface area (Å²) in [5.74, 6) is 0.789. The number of piperidine rings is 1. The fraction of sp³-hybridized carbons (Fsp3) is 0.423. The zero-order valence-corrected chi connectivity index (χ0v) is 21.8. The van der Waals surface area contributed by atoms with Gasteiger partial charge in [-0.05, 0) is 95.7 Å². The van der Waals surface area contributed by atoms with Crippen LogP contribution in [0.5, 0.6) is 11.5 Å². The Labute approximate surface area is 227 Å². The minimum Gasteiger partial charge on any atom is -0.493 e. The molecule has 1 N–H and O–H groups in total. The Morgan fingerprint density at radius 2 is 1.74 bits per heavy atom. The molecule has 2 unspecified atom stereocenters. The molecular formula is C26H28ClF3N4O5. The van der Waals surface area contributed by atoms with Crippen LogP contribution in [0.25, 0.3) is 0 Å². The SMILES string of the molecule is CC(O)CC(Oc1ccc(N2CCC(COc3ccc(C(F)(F)F)cc3)CC2)cc1)n1cc([N+](=O)[O-])nc1Cl. The number of rotatable bonds is 10. The molecule has 0 aliphatic carbocycles. The summed E-state index contributed by atoms with van der Waals surface area (Å²) in [6, 6.07) is 12.1. The van der Waals surface area contributed by atoms with Gasteiger partial charge in [-0.15, -0.1) is 0 Å². The summed E-state index contributed by atoms with van der Waals surface area (Å²) in [6.45, 7) is 3.60. The van der Waals surface area contributed by atoms with Crippen molar-refractivity contribution in [3.63, 3.8) is 0 Å². The van der Waals surface area contributed by atoms with Gasteiger partial charge in [0.15, 0.2) is 6.23 Å². The van der Waals surface area contributed by atoms with Gasteiger partial charge in [-0.3, -0.25) is 4.57 Å². The Hall–Kier alpha value is -3.51. The van der Waals surface area contributed by atoms with Gasteiger partial charge >= 0.3 is 17.3 Å². The van der Waals surface area contributed by atoms with E-state index in [0.29, 0.717) is 18.1 Å². The highest BCUT2D eigenvalue weighted by Crippen LogP contribution is 2.32. The molecule has 1 saturated heterocycles.